The molecule has 1 aliphatic carbocycles. The molecule has 0 aromatic heterocycles. The number of fused-ring (bicyclic) bond motifs is 2. The van der Waals surface area contributed by atoms with E-state index in [1.165, 1.54) is 0 Å². The van der Waals surface area contributed by atoms with Crippen molar-refractivity contribution in [2.45, 2.75) is 6.42 Å². The Morgan fingerprint density at radius 3 is 1.85 bits per heavy atom. The molecule has 0 fully saturated rings. The predicted molar refractivity (Wildman–Crippen MR) is 98.0 cm³/mol. The lowest BCUT2D eigenvalue weighted by Crippen LogP contribution is -1.95. The van der Waals surface area contributed by atoms with Crippen molar-refractivity contribution in [3.05, 3.63) is 78.4 Å². The molecule has 0 unspecified atom stereocenters. The Hall–Kier alpha value is -3.60. The summed E-state index contributed by atoms with van der Waals surface area (Å²) in [6, 6.07) is 10.5. The number of ether oxygens (including phenoxy) is 1. The van der Waals surface area contributed by atoms with E-state index in [0.29, 0.717) is 28.0 Å². The summed E-state index contributed by atoms with van der Waals surface area (Å²) in [5.41, 5.74) is 3.65. The van der Waals surface area contributed by atoms with E-state index in [9.17, 15) is 14.4 Å². The minimum Gasteiger partial charge on any atom is -0.423 e. The van der Waals surface area contributed by atoms with Gasteiger partial charge in [0.15, 0.2) is 11.6 Å². The van der Waals surface area contributed by atoms with E-state index in [1.807, 2.05) is 12.9 Å². The Balaban J connectivity index is 0.000000570. The van der Waals surface area contributed by atoms with Crippen molar-refractivity contribution in [3.63, 3.8) is 0 Å². The molecule has 0 atom stereocenters. The molecule has 0 radical (unpaired) electrons. The fourth-order valence-corrected chi connectivity index (χ4v) is 2.89. The Morgan fingerprint density at radius 1 is 0.731 bits per heavy atom. The van der Waals surface area contributed by atoms with Crippen LogP contribution < -0.4 is 0 Å². The van der Waals surface area contributed by atoms with Gasteiger partial charge in [0.25, 0.3) is 0 Å². The molecule has 2 aromatic rings. The summed E-state index contributed by atoms with van der Waals surface area (Å²) in [5, 5.41) is 0. The summed E-state index contributed by atoms with van der Waals surface area (Å²) in [6.07, 6.45) is -0.0604. The lowest BCUT2D eigenvalue weighted by molar-refractivity contribution is -0.0980. The van der Waals surface area contributed by atoms with Crippen molar-refractivity contribution < 1.29 is 23.9 Å². The molecule has 4 rings (SSSR count). The molecular weight excluding hydrogens is 332 g/mol. The predicted octanol–water partition coefficient (Wildman–Crippen LogP) is 3.88. The monoisotopic (exact) mass is 348 g/mol. The quantitative estimate of drug-likeness (QED) is 0.444. The maximum Gasteiger partial charge on any atom is 0.344 e. The van der Waals surface area contributed by atoms with E-state index in [4.69, 9.17) is 9.53 Å². The van der Waals surface area contributed by atoms with E-state index in [0.717, 1.165) is 11.1 Å². The second-order valence-corrected chi connectivity index (χ2v) is 5.36. The zero-order chi connectivity index (χ0) is 19.4. The van der Waals surface area contributed by atoms with Gasteiger partial charge in [-0.15, -0.1) is 13.2 Å². The lowest BCUT2D eigenvalue weighted by Gasteiger charge is -2.05. The molecule has 130 valence electrons. The van der Waals surface area contributed by atoms with Crippen LogP contribution in [0.25, 0.3) is 16.9 Å². The number of Topliss-reactive ketones (excluding diaryl/α,β-unsaturated/α-hetero) is 2. The molecule has 1 aliphatic heterocycles. The van der Waals surface area contributed by atoms with Crippen LogP contribution in [-0.4, -0.2) is 24.3 Å². The average molecular weight is 348 g/mol. The molecule has 2 aromatic carbocycles. The average Bonchev–Trinajstić information content (AvgIpc) is 3.13. The SMILES string of the molecule is C=C.C=C1OC(=O)c2cc(-c3ccc4c(c3)C(=O)CC4=O)ccc21.C=O. The number of esters is 1. The Bertz CT molecular complexity index is 862. The lowest BCUT2D eigenvalue weighted by atomic mass is 9.97. The maximum atomic E-state index is 11.8. The van der Waals surface area contributed by atoms with Crippen LogP contribution in [0.4, 0.5) is 0 Å². The van der Waals surface area contributed by atoms with Crippen LogP contribution in [-0.2, 0) is 9.53 Å². The van der Waals surface area contributed by atoms with E-state index in [1.54, 1.807) is 30.3 Å². The molecule has 0 N–H and O–H groups in total. The molecule has 0 saturated heterocycles. The summed E-state index contributed by atoms with van der Waals surface area (Å²) in [4.78, 5) is 43.3. The van der Waals surface area contributed by atoms with E-state index < -0.39 is 5.97 Å². The first-order valence-corrected chi connectivity index (χ1v) is 7.60. The first-order chi connectivity index (χ1) is 12.5. The summed E-state index contributed by atoms with van der Waals surface area (Å²) < 4.78 is 5.00. The number of hydrogen-bond acceptors (Lipinski definition) is 5. The molecule has 1 heterocycles. The highest BCUT2D eigenvalue weighted by atomic mass is 16.5. The third-order valence-corrected chi connectivity index (χ3v) is 4.03. The van der Waals surface area contributed by atoms with Gasteiger partial charge in [0.05, 0.1) is 12.0 Å². The maximum absolute atomic E-state index is 11.8. The summed E-state index contributed by atoms with van der Waals surface area (Å²) in [7, 11) is 0. The van der Waals surface area contributed by atoms with Gasteiger partial charge in [-0.2, -0.15) is 0 Å². The van der Waals surface area contributed by atoms with Gasteiger partial charge in [-0.25, -0.2) is 4.79 Å². The van der Waals surface area contributed by atoms with Crippen LogP contribution in [0.15, 0.2) is 56.1 Å². The number of carbonyl (C=O) groups is 4. The van der Waals surface area contributed by atoms with Gasteiger partial charge < -0.3 is 9.53 Å². The number of benzene rings is 2. The molecule has 5 heteroatoms. The zero-order valence-corrected chi connectivity index (χ0v) is 14.0. The van der Waals surface area contributed by atoms with Gasteiger partial charge in [0, 0.05) is 16.7 Å². The fraction of sp³-hybridized carbons (Fsp3) is 0.0476. The van der Waals surface area contributed by atoms with Crippen LogP contribution in [0.1, 0.15) is 43.1 Å². The van der Waals surface area contributed by atoms with Crippen molar-refractivity contribution in [1.29, 1.82) is 0 Å². The van der Waals surface area contributed by atoms with Gasteiger partial charge in [0.2, 0.25) is 0 Å². The largest absolute Gasteiger partial charge is 0.423 e. The molecule has 0 saturated carbocycles. The smallest absolute Gasteiger partial charge is 0.344 e. The standard InChI is InChI=1S/C18H10O4.C2H4.CH2O/c1-9-12-4-2-11(7-15(12)18(21)22-9)10-3-5-13-14(6-10)17(20)8-16(13)19;2*1-2/h2-7H,1,8H2;1-2H2;1H2. The Labute approximate surface area is 150 Å². The number of ketones is 2. The number of carbonyl (C=O) groups excluding carboxylic acids is 4. The van der Waals surface area contributed by atoms with Crippen molar-refractivity contribution in [1.82, 2.24) is 0 Å². The molecule has 0 amide bonds. The minimum absolute atomic E-state index is 0.0604. The minimum atomic E-state index is -0.422. The Kier molecular flexibility index (Phi) is 5.42. The second-order valence-electron chi connectivity index (χ2n) is 5.36. The van der Waals surface area contributed by atoms with Crippen molar-refractivity contribution in [3.8, 4) is 11.1 Å². The highest BCUT2D eigenvalue weighted by molar-refractivity contribution is 6.24. The third kappa shape index (κ3) is 3.02. The zero-order valence-electron chi connectivity index (χ0n) is 14.0. The van der Waals surface area contributed by atoms with Gasteiger partial charge in [-0.3, -0.25) is 9.59 Å². The van der Waals surface area contributed by atoms with Gasteiger partial charge in [0.1, 0.15) is 12.5 Å². The molecule has 26 heavy (non-hydrogen) atoms. The van der Waals surface area contributed by atoms with E-state index >= 15 is 0 Å². The molecule has 2 aliphatic rings. The van der Waals surface area contributed by atoms with Crippen molar-refractivity contribution in [2.24, 2.45) is 0 Å². The normalized spacial score (nSPS) is 13.7. The molecule has 0 spiro atoms. The Morgan fingerprint density at radius 2 is 1.23 bits per heavy atom. The molecular formula is C21H16O5. The summed E-state index contributed by atoms with van der Waals surface area (Å²) >= 11 is 0. The molecule has 5 nitrogen and oxygen atoms in total. The van der Waals surface area contributed by atoms with Gasteiger partial charge in [-0.1, -0.05) is 24.8 Å². The van der Waals surface area contributed by atoms with Crippen molar-refractivity contribution >= 4 is 30.1 Å². The van der Waals surface area contributed by atoms with Crippen LogP contribution in [0.5, 0.6) is 0 Å². The number of rotatable bonds is 1. The second kappa shape index (κ2) is 7.53. The third-order valence-electron chi connectivity index (χ3n) is 4.03. The first kappa shape index (κ1) is 18.7. The van der Waals surface area contributed by atoms with Crippen LogP contribution >= 0.6 is 0 Å². The highest BCUT2D eigenvalue weighted by Gasteiger charge is 2.28. The molecule has 0 bridgehead atoms. The number of hydrogen-bond donors (Lipinski definition) is 0. The summed E-state index contributed by atoms with van der Waals surface area (Å²) in [6.45, 7) is 11.7. The summed E-state index contributed by atoms with van der Waals surface area (Å²) in [5.74, 6) is -0.369. The first-order valence-electron chi connectivity index (χ1n) is 7.60. The van der Waals surface area contributed by atoms with Crippen LogP contribution in [0, 0.1) is 0 Å². The highest BCUT2D eigenvalue weighted by Crippen LogP contribution is 2.33. The van der Waals surface area contributed by atoms with E-state index in [-0.39, 0.29) is 18.0 Å². The fourth-order valence-electron chi connectivity index (χ4n) is 2.89. The van der Waals surface area contributed by atoms with E-state index in [2.05, 4.69) is 19.7 Å². The van der Waals surface area contributed by atoms with Crippen LogP contribution in [0.3, 0.4) is 0 Å². The van der Waals surface area contributed by atoms with Gasteiger partial charge in [-0.05, 0) is 29.3 Å². The van der Waals surface area contributed by atoms with Crippen molar-refractivity contribution in [2.75, 3.05) is 0 Å². The van der Waals surface area contributed by atoms with Crippen LogP contribution in [0.2, 0.25) is 0 Å². The topological polar surface area (TPSA) is 77.5 Å². The number of cyclic esters (lactones) is 1. The van der Waals surface area contributed by atoms with Gasteiger partial charge >= 0.3 is 5.97 Å².